The van der Waals surface area contributed by atoms with Gasteiger partial charge in [-0.3, -0.25) is 9.59 Å². The van der Waals surface area contributed by atoms with Crippen molar-refractivity contribution in [3.63, 3.8) is 0 Å². The molecule has 4 rings (SSSR count). The number of rotatable bonds is 3. The largest absolute Gasteiger partial charge is 0.493 e. The van der Waals surface area contributed by atoms with E-state index in [0.717, 1.165) is 11.1 Å². The van der Waals surface area contributed by atoms with E-state index in [2.05, 4.69) is 0 Å². The predicted molar refractivity (Wildman–Crippen MR) is 101 cm³/mol. The molecule has 28 heavy (non-hydrogen) atoms. The molecule has 0 amide bonds. The maximum absolute atomic E-state index is 12.7. The molecule has 0 bridgehead atoms. The van der Waals surface area contributed by atoms with E-state index < -0.39 is 0 Å². The first-order chi connectivity index (χ1) is 13.5. The van der Waals surface area contributed by atoms with E-state index in [1.165, 1.54) is 0 Å². The molecule has 6 heteroatoms. The Morgan fingerprint density at radius 1 is 1.04 bits per heavy atom. The molecule has 0 N–H and O–H groups in total. The molecule has 2 aliphatic heterocycles. The van der Waals surface area contributed by atoms with Crippen molar-refractivity contribution in [1.82, 2.24) is 0 Å². The lowest BCUT2D eigenvalue weighted by Crippen LogP contribution is -2.22. The van der Waals surface area contributed by atoms with Crippen LogP contribution in [-0.4, -0.2) is 26.0 Å². The lowest BCUT2D eigenvalue weighted by Gasteiger charge is -2.27. The predicted octanol–water partition coefficient (Wildman–Crippen LogP) is 4.01. The minimum atomic E-state index is -0.388. The van der Waals surface area contributed by atoms with Gasteiger partial charge in [-0.2, -0.15) is 0 Å². The smallest absolute Gasteiger partial charge is 0.312 e. The van der Waals surface area contributed by atoms with Crippen LogP contribution < -0.4 is 18.9 Å². The van der Waals surface area contributed by atoms with Crippen LogP contribution in [0.3, 0.4) is 0 Å². The van der Waals surface area contributed by atoms with Crippen LogP contribution in [0.2, 0.25) is 0 Å². The van der Waals surface area contributed by atoms with Gasteiger partial charge in [-0.15, -0.1) is 0 Å². The van der Waals surface area contributed by atoms with E-state index in [4.69, 9.17) is 18.9 Å². The van der Waals surface area contributed by atoms with Gasteiger partial charge in [-0.1, -0.05) is 12.1 Å². The number of hydrogen-bond donors (Lipinski definition) is 0. The quantitative estimate of drug-likeness (QED) is 0.455. The Labute approximate surface area is 162 Å². The third-order valence-corrected chi connectivity index (χ3v) is 5.02. The highest BCUT2D eigenvalue weighted by atomic mass is 16.5. The summed E-state index contributed by atoms with van der Waals surface area (Å²) in [5, 5.41) is 0. The highest BCUT2D eigenvalue weighted by molar-refractivity contribution is 6.13. The SMILES string of the molecule is COc1cccc([C@H]2CC(=O)Oc3ccc4c(c32)OC(=C(C)C)C4=O)c1OC. The summed E-state index contributed by atoms with van der Waals surface area (Å²) >= 11 is 0. The number of fused-ring (bicyclic) bond motifs is 3. The number of carbonyl (C=O) groups excluding carboxylic acids is 2. The van der Waals surface area contributed by atoms with Crippen LogP contribution in [0.25, 0.3) is 0 Å². The fourth-order valence-electron chi connectivity index (χ4n) is 3.77. The first-order valence-electron chi connectivity index (χ1n) is 8.94. The maximum Gasteiger partial charge on any atom is 0.312 e. The molecule has 0 aromatic heterocycles. The summed E-state index contributed by atoms with van der Waals surface area (Å²) < 4.78 is 22.4. The zero-order valence-electron chi connectivity index (χ0n) is 16.1. The van der Waals surface area contributed by atoms with Gasteiger partial charge in [-0.25, -0.2) is 0 Å². The van der Waals surface area contributed by atoms with Crippen LogP contribution in [0.4, 0.5) is 0 Å². The third kappa shape index (κ3) is 2.64. The van der Waals surface area contributed by atoms with Crippen molar-refractivity contribution in [2.75, 3.05) is 14.2 Å². The van der Waals surface area contributed by atoms with Crippen molar-refractivity contribution in [2.45, 2.75) is 26.2 Å². The van der Waals surface area contributed by atoms with Crippen LogP contribution in [0.1, 0.15) is 47.7 Å². The second-order valence-electron chi connectivity index (χ2n) is 6.93. The van der Waals surface area contributed by atoms with Crippen LogP contribution in [-0.2, 0) is 4.79 Å². The second kappa shape index (κ2) is 6.71. The summed E-state index contributed by atoms with van der Waals surface area (Å²) in [7, 11) is 3.12. The van der Waals surface area contributed by atoms with E-state index in [9.17, 15) is 9.59 Å². The zero-order chi connectivity index (χ0) is 20.0. The molecule has 0 radical (unpaired) electrons. The Kier molecular flexibility index (Phi) is 4.34. The summed E-state index contributed by atoms with van der Waals surface area (Å²) in [6.07, 6.45) is 0.106. The highest BCUT2D eigenvalue weighted by Crippen LogP contribution is 2.51. The number of carbonyl (C=O) groups is 2. The molecule has 2 heterocycles. The molecule has 144 valence electrons. The van der Waals surface area contributed by atoms with E-state index in [-0.39, 0.29) is 24.1 Å². The van der Waals surface area contributed by atoms with Crippen molar-refractivity contribution < 1.29 is 28.5 Å². The number of Topliss-reactive ketones (excluding diaryl/α,β-unsaturated/α-hetero) is 1. The molecule has 0 fully saturated rings. The Morgan fingerprint density at radius 3 is 2.50 bits per heavy atom. The standard InChI is InChI=1S/C22H20O6/c1-11(2)20-19(24)13-8-9-15-18(22(13)28-20)14(10-17(23)27-15)12-6-5-7-16(25-3)21(12)26-4/h5-9,14H,10H2,1-4H3/t14-/m1/s1. The number of esters is 1. The zero-order valence-corrected chi connectivity index (χ0v) is 16.1. The highest BCUT2D eigenvalue weighted by Gasteiger charge is 2.39. The molecule has 0 unspecified atom stereocenters. The summed E-state index contributed by atoms with van der Waals surface area (Å²) in [4.78, 5) is 25.0. The van der Waals surface area contributed by atoms with Gasteiger partial charge in [0.1, 0.15) is 11.5 Å². The Hall–Kier alpha value is -3.28. The fraction of sp³-hybridized carbons (Fsp3) is 0.273. The summed E-state index contributed by atoms with van der Waals surface area (Å²) in [6, 6.07) is 8.81. The van der Waals surface area contributed by atoms with Crippen molar-refractivity contribution in [2.24, 2.45) is 0 Å². The van der Waals surface area contributed by atoms with Gasteiger partial charge in [0.15, 0.2) is 17.3 Å². The molecule has 1 atom stereocenters. The van der Waals surface area contributed by atoms with Gasteiger partial charge >= 0.3 is 5.97 Å². The average molecular weight is 380 g/mol. The number of ketones is 1. The van der Waals surface area contributed by atoms with Gasteiger partial charge in [0, 0.05) is 17.0 Å². The van der Waals surface area contributed by atoms with Gasteiger partial charge < -0.3 is 18.9 Å². The van der Waals surface area contributed by atoms with Crippen LogP contribution in [0, 0.1) is 0 Å². The topological polar surface area (TPSA) is 71.1 Å². The lowest BCUT2D eigenvalue weighted by atomic mass is 9.84. The number of benzene rings is 2. The van der Waals surface area contributed by atoms with E-state index in [1.54, 1.807) is 32.4 Å². The number of ether oxygens (including phenoxy) is 4. The molecule has 6 nitrogen and oxygen atoms in total. The monoisotopic (exact) mass is 380 g/mol. The number of hydrogen-bond acceptors (Lipinski definition) is 6. The van der Waals surface area contributed by atoms with Crippen molar-refractivity contribution in [3.05, 3.63) is 58.4 Å². The van der Waals surface area contributed by atoms with E-state index in [1.807, 2.05) is 26.0 Å². The van der Waals surface area contributed by atoms with Gasteiger partial charge in [0.05, 0.1) is 26.2 Å². The van der Waals surface area contributed by atoms with Crippen molar-refractivity contribution in [1.29, 1.82) is 0 Å². The molecule has 0 saturated heterocycles. The minimum Gasteiger partial charge on any atom is -0.493 e. The molecular weight excluding hydrogens is 360 g/mol. The molecule has 0 spiro atoms. The van der Waals surface area contributed by atoms with Gasteiger partial charge in [-0.05, 0) is 37.6 Å². The molecule has 0 saturated carbocycles. The summed E-state index contributed by atoms with van der Waals surface area (Å²) in [5.41, 5.74) is 2.71. The van der Waals surface area contributed by atoms with Crippen LogP contribution >= 0.6 is 0 Å². The normalized spacial score (nSPS) is 17.4. The second-order valence-corrected chi connectivity index (χ2v) is 6.93. The minimum absolute atomic E-state index is 0.106. The first kappa shape index (κ1) is 18.1. The molecule has 2 aromatic carbocycles. The maximum atomic E-state index is 12.7. The lowest BCUT2D eigenvalue weighted by molar-refractivity contribution is -0.135. The number of methoxy groups -OCH3 is 2. The summed E-state index contributed by atoms with van der Waals surface area (Å²) in [5.74, 6) is 1.36. The van der Waals surface area contributed by atoms with Crippen molar-refractivity contribution in [3.8, 4) is 23.0 Å². The Morgan fingerprint density at radius 2 is 1.82 bits per heavy atom. The molecule has 2 aliphatic rings. The Balaban J connectivity index is 1.95. The van der Waals surface area contributed by atoms with Crippen molar-refractivity contribution >= 4 is 11.8 Å². The number of allylic oxidation sites excluding steroid dienone is 2. The van der Waals surface area contributed by atoms with E-state index >= 15 is 0 Å². The number of para-hydroxylation sites is 1. The third-order valence-electron chi connectivity index (χ3n) is 5.02. The van der Waals surface area contributed by atoms with Crippen LogP contribution in [0.15, 0.2) is 41.7 Å². The van der Waals surface area contributed by atoms with Crippen LogP contribution in [0.5, 0.6) is 23.0 Å². The Bertz CT molecular complexity index is 1030. The fourth-order valence-corrected chi connectivity index (χ4v) is 3.77. The average Bonchev–Trinajstić information content (AvgIpc) is 3.03. The first-order valence-corrected chi connectivity index (χ1v) is 8.94. The molecule has 2 aromatic rings. The van der Waals surface area contributed by atoms with Gasteiger partial charge in [0.25, 0.3) is 0 Å². The van der Waals surface area contributed by atoms with E-state index in [0.29, 0.717) is 39.9 Å². The molecule has 0 aliphatic carbocycles. The van der Waals surface area contributed by atoms with Gasteiger partial charge in [0.2, 0.25) is 5.78 Å². The molecular formula is C22H20O6. The summed E-state index contributed by atoms with van der Waals surface area (Å²) in [6.45, 7) is 3.66.